The average molecular weight is 463 g/mol. The Hall–Kier alpha value is -4.32. The van der Waals surface area contributed by atoms with Crippen molar-refractivity contribution in [3.05, 3.63) is 123 Å². The Balaban J connectivity index is 1.46. The minimum Gasteiger partial charge on any atom is -0.274 e. The maximum absolute atomic E-state index is 13.7. The molecule has 2 amide bonds. The standard InChI is InChI=1S/C29H22N2O4/c1-17-12-13-20(16-23(17)31(34)35)30-28(32)26-21-14-15-22(27(26)29(30)33)25(21)24(18-8-4-2-5-9-18)19-10-6-3-7-11-19/h2-16,21-22,26-27H,1H3. The lowest BCUT2D eigenvalue weighted by Gasteiger charge is -2.21. The zero-order chi connectivity index (χ0) is 24.3. The van der Waals surface area contributed by atoms with E-state index in [4.69, 9.17) is 0 Å². The summed E-state index contributed by atoms with van der Waals surface area (Å²) < 4.78 is 0. The van der Waals surface area contributed by atoms with E-state index in [0.29, 0.717) is 5.56 Å². The molecule has 6 nitrogen and oxygen atoms in total. The molecule has 0 spiro atoms. The number of imide groups is 1. The van der Waals surface area contributed by atoms with Crippen LogP contribution in [0.5, 0.6) is 0 Å². The molecule has 3 aliphatic rings. The molecule has 1 heterocycles. The van der Waals surface area contributed by atoms with E-state index in [-0.39, 0.29) is 35.0 Å². The van der Waals surface area contributed by atoms with Gasteiger partial charge >= 0.3 is 0 Å². The van der Waals surface area contributed by atoms with Crippen LogP contribution >= 0.6 is 0 Å². The van der Waals surface area contributed by atoms with Crippen molar-refractivity contribution >= 4 is 28.8 Å². The zero-order valence-corrected chi connectivity index (χ0v) is 19.0. The van der Waals surface area contributed by atoms with E-state index in [1.54, 1.807) is 19.1 Å². The van der Waals surface area contributed by atoms with Crippen LogP contribution in [0.2, 0.25) is 0 Å². The molecule has 35 heavy (non-hydrogen) atoms. The topological polar surface area (TPSA) is 80.5 Å². The molecule has 3 aromatic carbocycles. The summed E-state index contributed by atoms with van der Waals surface area (Å²) in [5.74, 6) is -1.96. The lowest BCUT2D eigenvalue weighted by Crippen LogP contribution is -2.33. The SMILES string of the molecule is Cc1ccc(N2C(=O)C3C4C=CC(C4=C(c4ccccc4)c4ccccc4)C3C2=O)cc1[N+](=O)[O-]. The van der Waals surface area contributed by atoms with Gasteiger partial charge in [0.25, 0.3) is 5.69 Å². The van der Waals surface area contributed by atoms with Gasteiger partial charge in [0, 0.05) is 23.5 Å². The predicted octanol–water partition coefficient (Wildman–Crippen LogP) is 5.33. The normalized spacial score (nSPS) is 24.3. The number of benzene rings is 3. The summed E-state index contributed by atoms with van der Waals surface area (Å²) in [6.07, 6.45) is 4.11. The van der Waals surface area contributed by atoms with Crippen LogP contribution in [-0.4, -0.2) is 16.7 Å². The Labute approximate surface area is 202 Å². The molecule has 2 aliphatic carbocycles. The summed E-state index contributed by atoms with van der Waals surface area (Å²) in [6, 6.07) is 24.7. The van der Waals surface area contributed by atoms with Gasteiger partial charge in [0.1, 0.15) is 0 Å². The molecule has 0 radical (unpaired) electrons. The van der Waals surface area contributed by atoms with Gasteiger partial charge in [0.05, 0.1) is 22.4 Å². The minimum absolute atomic E-state index is 0.0997. The summed E-state index contributed by atoms with van der Waals surface area (Å²) in [5, 5.41) is 11.5. The van der Waals surface area contributed by atoms with Crippen molar-refractivity contribution in [3.63, 3.8) is 0 Å². The molecule has 3 aromatic rings. The number of fused-ring (bicyclic) bond motifs is 5. The molecule has 0 N–H and O–H groups in total. The quantitative estimate of drug-likeness (QED) is 0.227. The van der Waals surface area contributed by atoms with E-state index >= 15 is 0 Å². The molecule has 2 bridgehead atoms. The van der Waals surface area contributed by atoms with Crippen LogP contribution in [0.4, 0.5) is 11.4 Å². The number of nitrogens with zero attached hydrogens (tertiary/aromatic N) is 2. The Kier molecular flexibility index (Phi) is 4.78. The molecule has 1 saturated carbocycles. The molecule has 4 atom stereocenters. The van der Waals surface area contributed by atoms with Gasteiger partial charge in [-0.3, -0.25) is 19.7 Å². The Morgan fingerprint density at radius 3 is 1.80 bits per heavy atom. The van der Waals surface area contributed by atoms with Crippen LogP contribution in [0.25, 0.3) is 5.57 Å². The van der Waals surface area contributed by atoms with Gasteiger partial charge in [-0.05, 0) is 35.3 Å². The van der Waals surface area contributed by atoms with Crippen molar-refractivity contribution in [1.29, 1.82) is 0 Å². The number of nitro groups is 1. The van der Waals surface area contributed by atoms with Crippen molar-refractivity contribution in [2.24, 2.45) is 23.7 Å². The van der Waals surface area contributed by atoms with Crippen molar-refractivity contribution in [2.75, 3.05) is 4.90 Å². The molecular formula is C29H22N2O4. The van der Waals surface area contributed by atoms with Gasteiger partial charge in [-0.15, -0.1) is 0 Å². The zero-order valence-electron chi connectivity index (χ0n) is 19.0. The van der Waals surface area contributed by atoms with Crippen LogP contribution in [0, 0.1) is 40.7 Å². The Morgan fingerprint density at radius 2 is 1.31 bits per heavy atom. The minimum atomic E-state index is -0.504. The second kappa shape index (κ2) is 7.87. The Bertz CT molecular complexity index is 1370. The predicted molar refractivity (Wildman–Crippen MR) is 132 cm³/mol. The van der Waals surface area contributed by atoms with E-state index in [0.717, 1.165) is 27.2 Å². The molecule has 6 heteroatoms. The van der Waals surface area contributed by atoms with Crippen molar-refractivity contribution in [1.82, 2.24) is 0 Å². The van der Waals surface area contributed by atoms with Crippen molar-refractivity contribution < 1.29 is 14.5 Å². The maximum atomic E-state index is 13.7. The number of aryl methyl sites for hydroxylation is 1. The molecule has 1 aliphatic heterocycles. The Morgan fingerprint density at radius 1 is 0.800 bits per heavy atom. The van der Waals surface area contributed by atoms with Gasteiger partial charge in [-0.2, -0.15) is 0 Å². The summed E-state index contributed by atoms with van der Waals surface area (Å²) in [6.45, 7) is 1.64. The third kappa shape index (κ3) is 3.10. The fourth-order valence-corrected chi connectivity index (χ4v) is 5.99. The largest absolute Gasteiger partial charge is 0.274 e. The monoisotopic (exact) mass is 462 g/mol. The lowest BCUT2D eigenvalue weighted by molar-refractivity contribution is -0.385. The highest BCUT2D eigenvalue weighted by molar-refractivity contribution is 6.23. The molecule has 1 saturated heterocycles. The summed E-state index contributed by atoms with van der Waals surface area (Å²) in [5.41, 5.74) is 4.93. The first-order chi connectivity index (χ1) is 17.0. The fraction of sp³-hybridized carbons (Fsp3) is 0.172. The number of allylic oxidation sites excluding steroid dienone is 3. The van der Waals surface area contributed by atoms with Crippen LogP contribution < -0.4 is 4.90 Å². The number of nitro benzene ring substituents is 1. The van der Waals surface area contributed by atoms with Gasteiger partial charge in [0.15, 0.2) is 0 Å². The van der Waals surface area contributed by atoms with Crippen LogP contribution in [-0.2, 0) is 9.59 Å². The van der Waals surface area contributed by atoms with E-state index in [1.165, 1.54) is 6.07 Å². The first kappa shape index (κ1) is 21.2. The number of rotatable bonds is 4. The van der Waals surface area contributed by atoms with E-state index in [2.05, 4.69) is 36.4 Å². The smallest absolute Gasteiger partial charge is 0.274 e. The number of hydrogen-bond donors (Lipinski definition) is 0. The summed E-state index contributed by atoms with van der Waals surface area (Å²) in [7, 11) is 0. The molecule has 6 rings (SSSR count). The number of amides is 2. The molecule has 0 aromatic heterocycles. The van der Waals surface area contributed by atoms with Crippen LogP contribution in [0.15, 0.2) is 96.6 Å². The van der Waals surface area contributed by atoms with Gasteiger partial charge in [0.2, 0.25) is 11.8 Å². The molecule has 172 valence electrons. The maximum Gasteiger partial charge on any atom is 0.274 e. The van der Waals surface area contributed by atoms with Crippen molar-refractivity contribution in [3.8, 4) is 0 Å². The molecule has 4 unspecified atom stereocenters. The van der Waals surface area contributed by atoms with Gasteiger partial charge in [-0.1, -0.05) is 78.9 Å². The average Bonchev–Trinajstić information content (AvgIpc) is 3.50. The van der Waals surface area contributed by atoms with Gasteiger partial charge < -0.3 is 0 Å². The highest BCUT2D eigenvalue weighted by Gasteiger charge is 2.62. The third-order valence-corrected chi connectivity index (χ3v) is 7.48. The third-order valence-electron chi connectivity index (χ3n) is 7.48. The van der Waals surface area contributed by atoms with Crippen LogP contribution in [0.3, 0.4) is 0 Å². The van der Waals surface area contributed by atoms with E-state index in [1.807, 2.05) is 36.4 Å². The molecular weight excluding hydrogens is 440 g/mol. The van der Waals surface area contributed by atoms with Crippen molar-refractivity contribution in [2.45, 2.75) is 6.92 Å². The summed E-state index contributed by atoms with van der Waals surface area (Å²) in [4.78, 5) is 39.5. The lowest BCUT2D eigenvalue weighted by atomic mass is 9.85. The second-order valence-electron chi connectivity index (χ2n) is 9.29. The van der Waals surface area contributed by atoms with E-state index < -0.39 is 16.8 Å². The number of hydrogen-bond acceptors (Lipinski definition) is 4. The number of carbonyl (C=O) groups excluding carboxylic acids is 2. The summed E-state index contributed by atoms with van der Waals surface area (Å²) >= 11 is 0. The van der Waals surface area contributed by atoms with Crippen LogP contribution in [0.1, 0.15) is 16.7 Å². The second-order valence-corrected chi connectivity index (χ2v) is 9.29. The first-order valence-corrected chi connectivity index (χ1v) is 11.6. The number of carbonyl (C=O) groups is 2. The highest BCUT2D eigenvalue weighted by atomic mass is 16.6. The molecule has 2 fully saturated rings. The first-order valence-electron chi connectivity index (χ1n) is 11.6. The number of anilines is 1. The fourth-order valence-electron chi connectivity index (χ4n) is 5.99. The van der Waals surface area contributed by atoms with E-state index in [9.17, 15) is 19.7 Å². The highest BCUT2D eigenvalue weighted by Crippen LogP contribution is 2.59. The van der Waals surface area contributed by atoms with Gasteiger partial charge in [-0.25, -0.2) is 4.90 Å².